The number of rotatable bonds is 47. The first-order chi connectivity index (χ1) is 30.5. The molecule has 0 bridgehead atoms. The SMILES string of the molecule is CC=C(NC(=O)CCCCCCCC=CCCCCCCCC)N(C(=O)CCCCCCCC=CCCCCCCCC)C(=O)CCCCCCCC=CCCCCCCCC. The van der Waals surface area contributed by atoms with Gasteiger partial charge >= 0.3 is 0 Å². The molecule has 0 aliphatic heterocycles. The van der Waals surface area contributed by atoms with Gasteiger partial charge in [-0.1, -0.05) is 211 Å². The monoisotopic (exact) mass is 865 g/mol. The molecule has 0 saturated carbocycles. The largest absolute Gasteiger partial charge is 0.312 e. The van der Waals surface area contributed by atoms with E-state index in [1.165, 1.54) is 178 Å². The van der Waals surface area contributed by atoms with Crippen LogP contribution in [0.25, 0.3) is 0 Å². The Morgan fingerprint density at radius 2 is 0.581 bits per heavy atom. The number of hydrogen-bond acceptors (Lipinski definition) is 3. The molecule has 3 amide bonds. The van der Waals surface area contributed by atoms with Crippen LogP contribution in [0.2, 0.25) is 0 Å². The van der Waals surface area contributed by atoms with Gasteiger partial charge in [0.15, 0.2) is 0 Å². The number of carbonyl (C=O) groups is 3. The summed E-state index contributed by atoms with van der Waals surface area (Å²) >= 11 is 0. The van der Waals surface area contributed by atoms with E-state index >= 15 is 0 Å². The van der Waals surface area contributed by atoms with Gasteiger partial charge in [0.05, 0.1) is 0 Å². The number of nitrogens with zero attached hydrogens (tertiary/aromatic N) is 1. The molecule has 5 heteroatoms. The number of hydrogen-bond donors (Lipinski definition) is 1. The standard InChI is InChI=1S/C57H104N2O3/c1-5-9-12-15-18-21-24-27-30-33-36-39-42-45-48-51-55(60)58-54(8-4)59(56(61)52-49-46-43-40-37-34-31-28-25-22-19-16-13-10-6-2)57(62)53-50-47-44-41-38-35-32-29-26-23-20-17-14-11-7-3/h8,27-32H,5-7,9-26,33-53H2,1-4H3,(H,58,60). The fraction of sp³-hybridized carbons (Fsp3) is 0.807. The summed E-state index contributed by atoms with van der Waals surface area (Å²) in [5.74, 6) is -0.133. The lowest BCUT2D eigenvalue weighted by molar-refractivity contribution is -0.143. The first-order valence-electron chi connectivity index (χ1n) is 27.3. The van der Waals surface area contributed by atoms with Crippen molar-refractivity contribution in [1.29, 1.82) is 0 Å². The molecule has 0 aromatic rings. The summed E-state index contributed by atoms with van der Waals surface area (Å²) in [7, 11) is 0. The molecule has 0 aromatic heterocycles. The van der Waals surface area contributed by atoms with E-state index in [1.807, 2.05) is 6.92 Å². The Balaban J connectivity index is 4.69. The van der Waals surface area contributed by atoms with Gasteiger partial charge < -0.3 is 5.32 Å². The van der Waals surface area contributed by atoms with Crippen molar-refractivity contribution in [3.8, 4) is 0 Å². The maximum Gasteiger partial charge on any atom is 0.234 e. The Bertz CT molecular complexity index is 1070. The molecule has 1 N–H and O–H groups in total. The summed E-state index contributed by atoms with van der Waals surface area (Å²) in [5, 5.41) is 2.97. The van der Waals surface area contributed by atoms with Crippen molar-refractivity contribution in [2.75, 3.05) is 0 Å². The van der Waals surface area contributed by atoms with Gasteiger partial charge in [-0.15, -0.1) is 0 Å². The Morgan fingerprint density at radius 3 is 0.855 bits per heavy atom. The lowest BCUT2D eigenvalue weighted by Gasteiger charge is -2.24. The normalized spacial score (nSPS) is 12.1. The van der Waals surface area contributed by atoms with E-state index in [1.54, 1.807) is 6.08 Å². The Labute approximate surface area is 386 Å². The third-order valence-corrected chi connectivity index (χ3v) is 12.3. The van der Waals surface area contributed by atoms with Crippen LogP contribution >= 0.6 is 0 Å². The molecule has 0 heterocycles. The third kappa shape index (κ3) is 41.6. The van der Waals surface area contributed by atoms with Crippen LogP contribution in [0.4, 0.5) is 0 Å². The molecule has 62 heavy (non-hydrogen) atoms. The maximum atomic E-state index is 13.7. The zero-order valence-corrected chi connectivity index (χ0v) is 41.9. The summed E-state index contributed by atoms with van der Waals surface area (Å²) in [6.07, 6.45) is 64.0. The summed E-state index contributed by atoms with van der Waals surface area (Å²) in [6.45, 7) is 8.62. The van der Waals surface area contributed by atoms with Gasteiger partial charge in [-0.25, -0.2) is 4.90 Å². The predicted molar refractivity (Wildman–Crippen MR) is 272 cm³/mol. The number of nitrogens with one attached hydrogen (secondary N) is 1. The topological polar surface area (TPSA) is 66.5 Å². The van der Waals surface area contributed by atoms with E-state index < -0.39 is 0 Å². The highest BCUT2D eigenvalue weighted by molar-refractivity contribution is 5.98. The van der Waals surface area contributed by atoms with E-state index in [2.05, 4.69) is 62.5 Å². The van der Waals surface area contributed by atoms with Crippen molar-refractivity contribution < 1.29 is 14.4 Å². The Hall–Kier alpha value is -2.43. The second-order valence-electron chi connectivity index (χ2n) is 18.3. The fourth-order valence-corrected chi connectivity index (χ4v) is 8.14. The van der Waals surface area contributed by atoms with E-state index in [0.29, 0.717) is 25.1 Å². The molecule has 0 unspecified atom stereocenters. The van der Waals surface area contributed by atoms with Gasteiger partial charge in [-0.2, -0.15) is 0 Å². The van der Waals surface area contributed by atoms with E-state index in [-0.39, 0.29) is 17.7 Å². The molecule has 0 aliphatic carbocycles. The van der Waals surface area contributed by atoms with E-state index in [0.717, 1.165) is 77.0 Å². The molecular weight excluding hydrogens is 761 g/mol. The number of amides is 3. The minimum absolute atomic E-state index is 0.108. The number of imide groups is 1. The van der Waals surface area contributed by atoms with Gasteiger partial charge in [0, 0.05) is 19.3 Å². The number of unbranched alkanes of at least 4 members (excludes halogenated alkanes) is 33. The zero-order valence-electron chi connectivity index (χ0n) is 41.9. The molecule has 0 saturated heterocycles. The van der Waals surface area contributed by atoms with Crippen LogP contribution in [0.3, 0.4) is 0 Å². The summed E-state index contributed by atoms with van der Waals surface area (Å²) in [4.78, 5) is 41.7. The van der Waals surface area contributed by atoms with Crippen molar-refractivity contribution in [1.82, 2.24) is 10.2 Å². The van der Waals surface area contributed by atoms with Crippen LogP contribution in [-0.4, -0.2) is 22.6 Å². The molecule has 0 rings (SSSR count). The van der Waals surface area contributed by atoms with E-state index in [9.17, 15) is 14.4 Å². The van der Waals surface area contributed by atoms with Crippen LogP contribution in [0.5, 0.6) is 0 Å². The third-order valence-electron chi connectivity index (χ3n) is 12.3. The highest BCUT2D eigenvalue weighted by Crippen LogP contribution is 2.17. The lowest BCUT2D eigenvalue weighted by Crippen LogP contribution is -2.42. The molecule has 0 aliphatic rings. The van der Waals surface area contributed by atoms with Gasteiger partial charge in [0.1, 0.15) is 5.82 Å². The first kappa shape index (κ1) is 59.6. The zero-order chi connectivity index (χ0) is 45.2. The maximum absolute atomic E-state index is 13.7. The molecule has 0 radical (unpaired) electrons. The number of carbonyl (C=O) groups excluding carboxylic acids is 3. The van der Waals surface area contributed by atoms with Crippen molar-refractivity contribution in [2.45, 2.75) is 297 Å². The minimum atomic E-state index is -0.185. The van der Waals surface area contributed by atoms with Gasteiger partial charge in [0.25, 0.3) is 0 Å². The summed E-state index contributed by atoms with van der Waals surface area (Å²) < 4.78 is 0. The molecule has 0 fully saturated rings. The van der Waals surface area contributed by atoms with Crippen molar-refractivity contribution in [2.24, 2.45) is 0 Å². The molecular formula is C57H104N2O3. The second-order valence-corrected chi connectivity index (χ2v) is 18.3. The Morgan fingerprint density at radius 1 is 0.339 bits per heavy atom. The summed E-state index contributed by atoms with van der Waals surface area (Å²) in [5.41, 5.74) is 0. The second kappa shape index (κ2) is 49.6. The van der Waals surface area contributed by atoms with Crippen LogP contribution < -0.4 is 5.32 Å². The fourth-order valence-electron chi connectivity index (χ4n) is 8.14. The molecule has 0 aromatic carbocycles. The van der Waals surface area contributed by atoms with Gasteiger partial charge in [-0.3, -0.25) is 14.4 Å². The minimum Gasteiger partial charge on any atom is -0.312 e. The van der Waals surface area contributed by atoms with Crippen LogP contribution in [0.1, 0.15) is 297 Å². The van der Waals surface area contributed by atoms with Crippen molar-refractivity contribution in [3.05, 3.63) is 48.4 Å². The molecule has 0 atom stereocenters. The van der Waals surface area contributed by atoms with Crippen molar-refractivity contribution >= 4 is 17.7 Å². The van der Waals surface area contributed by atoms with Gasteiger partial charge in [-0.05, 0) is 109 Å². The number of allylic oxidation sites excluding steroid dienone is 7. The smallest absolute Gasteiger partial charge is 0.234 e. The van der Waals surface area contributed by atoms with Gasteiger partial charge in [0.2, 0.25) is 17.7 Å². The summed E-state index contributed by atoms with van der Waals surface area (Å²) in [6, 6.07) is 0. The molecule has 0 spiro atoms. The predicted octanol–water partition coefficient (Wildman–Crippen LogP) is 18.4. The highest BCUT2D eigenvalue weighted by Gasteiger charge is 2.25. The van der Waals surface area contributed by atoms with Crippen LogP contribution in [0, 0.1) is 0 Å². The quantitative estimate of drug-likeness (QED) is 0.0489. The molecule has 360 valence electrons. The highest BCUT2D eigenvalue weighted by atomic mass is 16.2. The van der Waals surface area contributed by atoms with Crippen molar-refractivity contribution in [3.63, 3.8) is 0 Å². The van der Waals surface area contributed by atoms with Crippen LogP contribution in [0.15, 0.2) is 48.4 Å². The average Bonchev–Trinajstić information content (AvgIpc) is 3.27. The van der Waals surface area contributed by atoms with E-state index in [4.69, 9.17) is 0 Å². The Kier molecular flexibility index (Phi) is 47.6. The van der Waals surface area contributed by atoms with Crippen LogP contribution in [-0.2, 0) is 14.4 Å². The molecule has 5 nitrogen and oxygen atoms in total. The first-order valence-corrected chi connectivity index (χ1v) is 27.3. The lowest BCUT2D eigenvalue weighted by atomic mass is 10.1. The average molecular weight is 865 g/mol.